The van der Waals surface area contributed by atoms with E-state index >= 15 is 0 Å². The quantitative estimate of drug-likeness (QED) is 0.563. The number of ether oxygens (including phenoxy) is 1. The minimum absolute atomic E-state index is 0.0140. The van der Waals surface area contributed by atoms with Gasteiger partial charge >= 0.3 is 0 Å². The zero-order valence-electron chi connectivity index (χ0n) is 17.5. The summed E-state index contributed by atoms with van der Waals surface area (Å²) in [6, 6.07) is 12.0. The van der Waals surface area contributed by atoms with Crippen LogP contribution in [0, 0.1) is 6.92 Å². The summed E-state index contributed by atoms with van der Waals surface area (Å²) >= 11 is 1.32. The highest BCUT2D eigenvalue weighted by Crippen LogP contribution is 2.36. The SMILES string of the molecule is Cc1sc(NC(=O)CCN2C(=O)c3ccccc3C2=O)nc1-c1ccc2c(c1)NC(=O)CO2. The second-order valence-electron chi connectivity index (χ2n) is 7.58. The normalized spacial score (nSPS) is 14.5. The van der Waals surface area contributed by atoms with Crippen LogP contribution in [0.15, 0.2) is 42.5 Å². The molecule has 2 aliphatic heterocycles. The topological polar surface area (TPSA) is 118 Å². The van der Waals surface area contributed by atoms with Gasteiger partial charge in [0.2, 0.25) is 5.91 Å². The fourth-order valence-corrected chi connectivity index (χ4v) is 4.64. The lowest BCUT2D eigenvalue weighted by molar-refractivity contribution is -0.118. The first kappa shape index (κ1) is 20.8. The van der Waals surface area contributed by atoms with Gasteiger partial charge in [0.15, 0.2) is 11.7 Å². The zero-order valence-corrected chi connectivity index (χ0v) is 18.3. The van der Waals surface area contributed by atoms with Gasteiger partial charge in [-0.25, -0.2) is 4.98 Å². The molecular formula is C23H18N4O5S. The largest absolute Gasteiger partial charge is 0.482 e. The maximum absolute atomic E-state index is 12.5. The lowest BCUT2D eigenvalue weighted by Crippen LogP contribution is -2.32. The van der Waals surface area contributed by atoms with Gasteiger partial charge in [0.1, 0.15) is 5.75 Å². The van der Waals surface area contributed by atoms with Crippen molar-refractivity contribution in [2.75, 3.05) is 23.8 Å². The van der Waals surface area contributed by atoms with E-state index in [1.54, 1.807) is 36.4 Å². The molecule has 9 nitrogen and oxygen atoms in total. The minimum Gasteiger partial charge on any atom is -0.482 e. The number of carbonyl (C=O) groups is 4. The summed E-state index contributed by atoms with van der Waals surface area (Å²) in [7, 11) is 0. The number of nitrogens with one attached hydrogen (secondary N) is 2. The van der Waals surface area contributed by atoms with E-state index in [4.69, 9.17) is 4.74 Å². The smallest absolute Gasteiger partial charge is 0.262 e. The van der Waals surface area contributed by atoms with Crippen LogP contribution in [0.1, 0.15) is 32.0 Å². The molecule has 5 rings (SSSR count). The number of aryl methyl sites for hydroxylation is 1. The van der Waals surface area contributed by atoms with Crippen LogP contribution in [0.25, 0.3) is 11.3 Å². The van der Waals surface area contributed by atoms with E-state index in [-0.39, 0.29) is 43.2 Å². The van der Waals surface area contributed by atoms with Crippen LogP contribution >= 0.6 is 11.3 Å². The van der Waals surface area contributed by atoms with Gasteiger partial charge in [0, 0.05) is 23.4 Å². The molecule has 3 aromatic rings. The van der Waals surface area contributed by atoms with E-state index in [1.165, 1.54) is 11.3 Å². The molecule has 0 radical (unpaired) electrons. The third kappa shape index (κ3) is 3.85. The van der Waals surface area contributed by atoms with Gasteiger partial charge in [-0.05, 0) is 37.3 Å². The third-order valence-corrected chi connectivity index (χ3v) is 6.26. The van der Waals surface area contributed by atoms with Crippen molar-refractivity contribution < 1.29 is 23.9 Å². The number of fused-ring (bicyclic) bond motifs is 2. The Kier molecular flexibility index (Phi) is 5.14. The molecule has 3 heterocycles. The van der Waals surface area contributed by atoms with E-state index in [9.17, 15) is 19.2 Å². The lowest BCUT2D eigenvalue weighted by Gasteiger charge is -2.18. The second-order valence-corrected chi connectivity index (χ2v) is 8.78. The average molecular weight is 462 g/mol. The molecular weight excluding hydrogens is 444 g/mol. The summed E-state index contributed by atoms with van der Waals surface area (Å²) in [4.78, 5) is 55.4. The van der Waals surface area contributed by atoms with Crippen molar-refractivity contribution in [1.29, 1.82) is 0 Å². The molecule has 0 fully saturated rings. The number of imide groups is 1. The van der Waals surface area contributed by atoms with E-state index in [0.29, 0.717) is 33.4 Å². The molecule has 2 aromatic carbocycles. The van der Waals surface area contributed by atoms with Crippen LogP contribution < -0.4 is 15.4 Å². The van der Waals surface area contributed by atoms with Crippen molar-refractivity contribution in [3.05, 3.63) is 58.5 Å². The molecule has 0 bridgehead atoms. The zero-order chi connectivity index (χ0) is 23.1. The number of rotatable bonds is 5. The monoisotopic (exact) mass is 462 g/mol. The van der Waals surface area contributed by atoms with Crippen LogP contribution in [0.2, 0.25) is 0 Å². The first-order valence-corrected chi connectivity index (χ1v) is 11.0. The average Bonchev–Trinajstić information content (AvgIpc) is 3.28. The van der Waals surface area contributed by atoms with E-state index in [2.05, 4.69) is 15.6 Å². The third-order valence-electron chi connectivity index (χ3n) is 5.37. The number of thiazole rings is 1. The minimum atomic E-state index is -0.390. The Hall–Kier alpha value is -4.05. The number of nitrogens with zero attached hydrogens (tertiary/aromatic N) is 2. The predicted molar refractivity (Wildman–Crippen MR) is 121 cm³/mol. The Morgan fingerprint density at radius 3 is 2.61 bits per heavy atom. The molecule has 1 aromatic heterocycles. The molecule has 2 aliphatic rings. The van der Waals surface area contributed by atoms with E-state index in [0.717, 1.165) is 15.3 Å². The fraction of sp³-hybridized carbons (Fsp3) is 0.174. The standard InChI is InChI=1S/C23H18N4O5S/c1-12-20(13-6-7-17-16(10-13)24-19(29)11-32-17)26-23(33-12)25-18(28)8-9-27-21(30)14-4-2-3-5-15(14)22(27)31/h2-7,10H,8-9,11H2,1H3,(H,24,29)(H,25,26,28). The van der Waals surface area contributed by atoms with Gasteiger partial charge in [-0.1, -0.05) is 12.1 Å². The summed E-state index contributed by atoms with van der Waals surface area (Å²) < 4.78 is 5.38. The van der Waals surface area contributed by atoms with Crippen molar-refractivity contribution in [1.82, 2.24) is 9.88 Å². The Labute approximate surface area is 192 Å². The summed E-state index contributed by atoms with van der Waals surface area (Å²) in [6.45, 7) is 1.86. The van der Waals surface area contributed by atoms with Gasteiger partial charge in [-0.3, -0.25) is 24.1 Å². The molecule has 0 atom stereocenters. The van der Waals surface area contributed by atoms with Gasteiger partial charge in [0.25, 0.3) is 17.7 Å². The van der Waals surface area contributed by atoms with Crippen LogP contribution in [0.3, 0.4) is 0 Å². The molecule has 0 unspecified atom stereocenters. The molecule has 4 amide bonds. The highest BCUT2D eigenvalue weighted by molar-refractivity contribution is 7.16. The number of anilines is 2. The first-order valence-electron chi connectivity index (χ1n) is 10.2. The van der Waals surface area contributed by atoms with Crippen molar-refractivity contribution in [3.63, 3.8) is 0 Å². The summed E-state index contributed by atoms with van der Waals surface area (Å²) in [5.74, 6) is -0.759. The van der Waals surface area contributed by atoms with Gasteiger partial charge in [-0.15, -0.1) is 11.3 Å². The number of benzene rings is 2. The number of hydrogen-bond donors (Lipinski definition) is 2. The molecule has 0 aliphatic carbocycles. The van der Waals surface area contributed by atoms with Crippen molar-refractivity contribution in [3.8, 4) is 17.0 Å². The van der Waals surface area contributed by atoms with Crippen LogP contribution in [0.4, 0.5) is 10.8 Å². The van der Waals surface area contributed by atoms with Crippen molar-refractivity contribution in [2.24, 2.45) is 0 Å². The molecule has 0 saturated carbocycles. The molecule has 0 saturated heterocycles. The maximum atomic E-state index is 12.5. The number of amides is 4. The fourth-order valence-electron chi connectivity index (χ4n) is 3.79. The van der Waals surface area contributed by atoms with E-state index < -0.39 is 0 Å². The number of aromatic nitrogens is 1. The predicted octanol–water partition coefficient (Wildman–Crippen LogP) is 3.07. The first-order chi connectivity index (χ1) is 15.9. The second kappa shape index (κ2) is 8.14. The van der Waals surface area contributed by atoms with Crippen LogP contribution in [-0.4, -0.2) is 46.7 Å². The lowest BCUT2D eigenvalue weighted by atomic mass is 10.1. The van der Waals surface area contributed by atoms with Crippen molar-refractivity contribution >= 4 is 45.8 Å². The Bertz CT molecular complexity index is 1300. The molecule has 33 heavy (non-hydrogen) atoms. The summed E-state index contributed by atoms with van der Waals surface area (Å²) in [6.07, 6.45) is -0.0400. The summed E-state index contributed by atoms with van der Waals surface area (Å²) in [5.41, 5.74) is 2.74. The van der Waals surface area contributed by atoms with Crippen molar-refractivity contribution in [2.45, 2.75) is 13.3 Å². The maximum Gasteiger partial charge on any atom is 0.262 e. The molecule has 0 spiro atoms. The number of carbonyl (C=O) groups excluding carboxylic acids is 4. The molecule has 166 valence electrons. The van der Waals surface area contributed by atoms with Crippen LogP contribution in [0.5, 0.6) is 5.75 Å². The number of hydrogen-bond acceptors (Lipinski definition) is 7. The van der Waals surface area contributed by atoms with Gasteiger partial charge in [-0.2, -0.15) is 0 Å². The van der Waals surface area contributed by atoms with Gasteiger partial charge in [0.05, 0.1) is 22.5 Å². The van der Waals surface area contributed by atoms with Crippen LogP contribution in [-0.2, 0) is 9.59 Å². The molecule has 2 N–H and O–H groups in total. The van der Waals surface area contributed by atoms with E-state index in [1.807, 2.05) is 13.0 Å². The Morgan fingerprint density at radius 2 is 1.88 bits per heavy atom. The summed E-state index contributed by atoms with van der Waals surface area (Å²) in [5, 5.41) is 5.92. The van der Waals surface area contributed by atoms with Gasteiger partial charge < -0.3 is 15.4 Å². The Balaban J connectivity index is 1.25. The molecule has 10 heteroatoms. The highest BCUT2D eigenvalue weighted by Gasteiger charge is 2.35. The Morgan fingerprint density at radius 1 is 1.15 bits per heavy atom. The highest BCUT2D eigenvalue weighted by atomic mass is 32.1.